The normalized spacial score (nSPS) is 14.1. The number of amides is 2. The molecule has 0 aliphatic heterocycles. The molecule has 5 nitrogen and oxygen atoms in total. The number of hydrogen-bond acceptors (Lipinski definition) is 3. The Morgan fingerprint density at radius 1 is 1.30 bits per heavy atom. The number of allylic oxidation sites excluding steroid dienone is 1. The minimum Gasteiger partial charge on any atom is -0.497 e. The fraction of sp³-hybridized carbons (Fsp3) is 0.400. The van der Waals surface area contributed by atoms with Gasteiger partial charge in [0.25, 0.3) is 0 Å². The van der Waals surface area contributed by atoms with Crippen LogP contribution in [0.1, 0.15) is 12.8 Å². The minimum absolute atomic E-state index is 0.208. The van der Waals surface area contributed by atoms with E-state index in [2.05, 4.69) is 10.6 Å². The molecule has 0 saturated heterocycles. The summed E-state index contributed by atoms with van der Waals surface area (Å²) in [6.07, 6.45) is 6.19. The molecule has 1 aromatic rings. The maximum Gasteiger partial charge on any atom is 0.318 e. The molecule has 2 N–H and O–H groups in total. The number of carbonyl (C=O) groups is 1. The van der Waals surface area contributed by atoms with Gasteiger partial charge in [-0.15, -0.1) is 0 Å². The maximum atomic E-state index is 11.4. The predicted octanol–water partition coefficient (Wildman–Crippen LogP) is 2.30. The van der Waals surface area contributed by atoms with Gasteiger partial charge >= 0.3 is 6.03 Å². The summed E-state index contributed by atoms with van der Waals surface area (Å²) < 4.78 is 10.6. The smallest absolute Gasteiger partial charge is 0.318 e. The Morgan fingerprint density at radius 2 is 2.00 bits per heavy atom. The molecule has 1 aliphatic carbocycles. The Kier molecular flexibility index (Phi) is 5.29. The summed E-state index contributed by atoms with van der Waals surface area (Å²) in [6, 6.07) is 7.12. The lowest BCUT2D eigenvalue weighted by atomic mass is 10.3. The van der Waals surface area contributed by atoms with E-state index in [4.69, 9.17) is 9.47 Å². The van der Waals surface area contributed by atoms with Gasteiger partial charge in [0.2, 0.25) is 0 Å². The van der Waals surface area contributed by atoms with Crippen molar-refractivity contribution in [2.24, 2.45) is 5.92 Å². The zero-order chi connectivity index (χ0) is 14.2. The van der Waals surface area contributed by atoms with Crippen molar-refractivity contribution in [2.75, 3.05) is 20.3 Å². The molecular weight excluding hydrogens is 256 g/mol. The molecule has 20 heavy (non-hydrogen) atoms. The Morgan fingerprint density at radius 3 is 2.65 bits per heavy atom. The average Bonchev–Trinajstić information content (AvgIpc) is 3.28. The molecular formula is C15H20N2O3. The first-order valence-electron chi connectivity index (χ1n) is 6.76. The molecule has 0 heterocycles. The van der Waals surface area contributed by atoms with Crippen LogP contribution in [-0.4, -0.2) is 26.3 Å². The van der Waals surface area contributed by atoms with Gasteiger partial charge in [-0.3, -0.25) is 0 Å². The van der Waals surface area contributed by atoms with E-state index in [-0.39, 0.29) is 6.03 Å². The highest BCUT2D eigenvalue weighted by molar-refractivity contribution is 5.74. The highest BCUT2D eigenvalue weighted by Gasteiger charge is 2.16. The van der Waals surface area contributed by atoms with Crippen LogP contribution >= 0.6 is 0 Å². The highest BCUT2D eigenvalue weighted by atomic mass is 16.5. The molecule has 1 saturated carbocycles. The topological polar surface area (TPSA) is 59.6 Å². The summed E-state index contributed by atoms with van der Waals surface area (Å²) in [5.41, 5.74) is 0. The molecule has 1 fully saturated rings. The second kappa shape index (κ2) is 7.43. The Labute approximate surface area is 119 Å². The molecule has 2 rings (SSSR count). The number of carbonyl (C=O) groups excluding carboxylic acids is 1. The van der Waals surface area contributed by atoms with Crippen LogP contribution < -0.4 is 20.1 Å². The highest BCUT2D eigenvalue weighted by Crippen LogP contribution is 2.29. The van der Waals surface area contributed by atoms with Gasteiger partial charge in [-0.05, 0) is 43.0 Å². The van der Waals surface area contributed by atoms with E-state index in [1.54, 1.807) is 13.3 Å². The number of hydrogen-bond donors (Lipinski definition) is 2. The average molecular weight is 276 g/mol. The van der Waals surface area contributed by atoms with Crippen molar-refractivity contribution in [1.82, 2.24) is 10.6 Å². The van der Waals surface area contributed by atoms with Gasteiger partial charge in [0.1, 0.15) is 18.1 Å². The Bertz CT molecular complexity index is 453. The van der Waals surface area contributed by atoms with Gasteiger partial charge in [0.15, 0.2) is 0 Å². The first-order valence-corrected chi connectivity index (χ1v) is 6.76. The van der Waals surface area contributed by atoms with Crippen molar-refractivity contribution in [2.45, 2.75) is 12.8 Å². The molecule has 1 aliphatic rings. The number of ether oxygens (including phenoxy) is 2. The molecule has 0 spiro atoms. The van der Waals surface area contributed by atoms with Gasteiger partial charge in [0.05, 0.1) is 13.7 Å². The number of nitrogens with one attached hydrogen (secondary N) is 2. The van der Waals surface area contributed by atoms with Gasteiger partial charge in [0, 0.05) is 6.20 Å². The summed E-state index contributed by atoms with van der Waals surface area (Å²) in [5.74, 6) is 2.20. The molecule has 0 atom stereocenters. The summed E-state index contributed by atoms with van der Waals surface area (Å²) >= 11 is 0. The fourth-order valence-electron chi connectivity index (χ4n) is 1.60. The van der Waals surface area contributed by atoms with Gasteiger partial charge in [-0.1, -0.05) is 6.08 Å². The van der Waals surface area contributed by atoms with Crippen LogP contribution in [0.5, 0.6) is 11.5 Å². The van der Waals surface area contributed by atoms with Crippen molar-refractivity contribution < 1.29 is 14.3 Å². The van der Waals surface area contributed by atoms with E-state index in [0.29, 0.717) is 19.1 Å². The molecule has 2 amide bonds. The maximum absolute atomic E-state index is 11.4. The molecule has 1 aromatic carbocycles. The summed E-state index contributed by atoms with van der Waals surface area (Å²) in [5, 5.41) is 5.38. The second-order valence-electron chi connectivity index (χ2n) is 4.62. The van der Waals surface area contributed by atoms with Crippen molar-refractivity contribution in [3.63, 3.8) is 0 Å². The van der Waals surface area contributed by atoms with Crippen LogP contribution in [0.15, 0.2) is 36.5 Å². The van der Waals surface area contributed by atoms with E-state index >= 15 is 0 Å². The second-order valence-corrected chi connectivity index (χ2v) is 4.62. The van der Waals surface area contributed by atoms with E-state index < -0.39 is 0 Å². The lowest BCUT2D eigenvalue weighted by Gasteiger charge is -2.08. The number of urea groups is 1. The van der Waals surface area contributed by atoms with E-state index in [1.807, 2.05) is 30.3 Å². The van der Waals surface area contributed by atoms with E-state index in [9.17, 15) is 4.79 Å². The summed E-state index contributed by atoms with van der Waals surface area (Å²) in [6.45, 7) is 0.876. The zero-order valence-electron chi connectivity index (χ0n) is 11.6. The third-order valence-corrected chi connectivity index (χ3v) is 2.92. The number of methoxy groups -OCH3 is 1. The van der Waals surface area contributed by atoms with Crippen LogP contribution in [0.4, 0.5) is 4.79 Å². The quantitative estimate of drug-likeness (QED) is 0.751. The van der Waals surface area contributed by atoms with Crippen molar-refractivity contribution >= 4 is 6.03 Å². The third-order valence-electron chi connectivity index (χ3n) is 2.92. The van der Waals surface area contributed by atoms with E-state index in [0.717, 1.165) is 11.5 Å². The van der Waals surface area contributed by atoms with Crippen LogP contribution in [0, 0.1) is 5.92 Å². The molecule has 0 bridgehead atoms. The third kappa shape index (κ3) is 5.22. The van der Waals surface area contributed by atoms with Crippen molar-refractivity contribution in [3.05, 3.63) is 36.5 Å². The van der Waals surface area contributed by atoms with Gasteiger partial charge < -0.3 is 20.1 Å². The van der Waals surface area contributed by atoms with E-state index in [1.165, 1.54) is 12.8 Å². The first kappa shape index (κ1) is 14.2. The van der Waals surface area contributed by atoms with Crippen LogP contribution in [0.2, 0.25) is 0 Å². The van der Waals surface area contributed by atoms with Crippen molar-refractivity contribution in [1.29, 1.82) is 0 Å². The standard InChI is InChI=1S/C15H20N2O3/c1-19-13-4-6-14(7-5-13)20-11-10-17-15(18)16-9-8-12-2-3-12/h4-9,12H,2-3,10-11H2,1H3,(H2,16,17,18)/b9-8+. The lowest BCUT2D eigenvalue weighted by molar-refractivity contribution is 0.239. The molecule has 0 radical (unpaired) electrons. The molecule has 5 heteroatoms. The monoisotopic (exact) mass is 276 g/mol. The summed E-state index contributed by atoms with van der Waals surface area (Å²) in [4.78, 5) is 11.4. The number of benzene rings is 1. The van der Waals surface area contributed by atoms with Crippen LogP contribution in [0.25, 0.3) is 0 Å². The first-order chi connectivity index (χ1) is 9.78. The lowest BCUT2D eigenvalue weighted by Crippen LogP contribution is -2.34. The van der Waals surface area contributed by atoms with Crippen LogP contribution in [-0.2, 0) is 0 Å². The Hall–Kier alpha value is -2.17. The molecule has 108 valence electrons. The largest absolute Gasteiger partial charge is 0.497 e. The SMILES string of the molecule is COc1ccc(OCCNC(=O)N/C=C/C2CC2)cc1. The summed E-state index contributed by atoms with van der Waals surface area (Å²) in [7, 11) is 1.62. The van der Waals surface area contributed by atoms with Gasteiger partial charge in [-0.2, -0.15) is 0 Å². The predicted molar refractivity (Wildman–Crippen MR) is 76.9 cm³/mol. The number of rotatable bonds is 7. The fourth-order valence-corrected chi connectivity index (χ4v) is 1.60. The molecule has 0 unspecified atom stereocenters. The minimum atomic E-state index is -0.208. The Balaban J connectivity index is 1.56. The van der Waals surface area contributed by atoms with Crippen LogP contribution in [0.3, 0.4) is 0 Å². The zero-order valence-corrected chi connectivity index (χ0v) is 11.6. The van der Waals surface area contributed by atoms with Gasteiger partial charge in [-0.25, -0.2) is 4.79 Å². The van der Waals surface area contributed by atoms with Crippen molar-refractivity contribution in [3.8, 4) is 11.5 Å². The molecule has 0 aromatic heterocycles.